The van der Waals surface area contributed by atoms with Crippen LogP contribution in [-0.4, -0.2) is 25.3 Å². The van der Waals surface area contributed by atoms with Crippen molar-refractivity contribution in [2.75, 3.05) is 12.3 Å². The Morgan fingerprint density at radius 1 is 1.35 bits per heavy atom. The van der Waals surface area contributed by atoms with Crippen LogP contribution in [0.15, 0.2) is 23.1 Å². The fraction of sp³-hybridized carbons (Fsp3) is 0.571. The summed E-state index contributed by atoms with van der Waals surface area (Å²) in [6.45, 7) is 6.47. The fourth-order valence-electron chi connectivity index (χ4n) is 1.90. The van der Waals surface area contributed by atoms with E-state index in [-0.39, 0.29) is 16.0 Å². The summed E-state index contributed by atoms with van der Waals surface area (Å²) in [7, 11) is -3.53. The van der Waals surface area contributed by atoms with E-state index in [1.807, 2.05) is 20.8 Å². The Morgan fingerprint density at radius 2 is 2.00 bits per heavy atom. The minimum atomic E-state index is -3.53. The SMILES string of the molecule is CCCCN(C(C)CC)S(=O)(=O)c1ccc(N)c(Cl)c1. The zero-order valence-electron chi connectivity index (χ0n) is 12.3. The van der Waals surface area contributed by atoms with E-state index in [1.165, 1.54) is 18.2 Å². The number of rotatable bonds is 7. The predicted octanol–water partition coefficient (Wildman–Crippen LogP) is 3.51. The number of hydrogen-bond acceptors (Lipinski definition) is 3. The molecule has 0 aliphatic rings. The predicted molar refractivity (Wildman–Crippen MR) is 84.4 cm³/mol. The highest BCUT2D eigenvalue weighted by atomic mass is 35.5. The van der Waals surface area contributed by atoms with Crippen molar-refractivity contribution in [1.29, 1.82) is 0 Å². The van der Waals surface area contributed by atoms with Gasteiger partial charge < -0.3 is 5.73 Å². The molecular formula is C14H23ClN2O2S. The van der Waals surface area contributed by atoms with Gasteiger partial charge in [-0.05, 0) is 38.0 Å². The molecule has 0 bridgehead atoms. The van der Waals surface area contributed by atoms with Gasteiger partial charge in [0.15, 0.2) is 0 Å². The van der Waals surface area contributed by atoms with Crippen molar-refractivity contribution in [1.82, 2.24) is 4.31 Å². The average Bonchev–Trinajstić information content (AvgIpc) is 2.41. The highest BCUT2D eigenvalue weighted by Gasteiger charge is 2.28. The summed E-state index contributed by atoms with van der Waals surface area (Å²) in [6, 6.07) is 4.43. The summed E-state index contributed by atoms with van der Waals surface area (Å²) < 4.78 is 27.0. The minimum Gasteiger partial charge on any atom is -0.398 e. The number of nitrogens with zero attached hydrogens (tertiary/aromatic N) is 1. The average molecular weight is 319 g/mol. The van der Waals surface area contributed by atoms with Gasteiger partial charge in [-0.25, -0.2) is 8.42 Å². The molecule has 0 aliphatic heterocycles. The van der Waals surface area contributed by atoms with Crippen LogP contribution in [0.5, 0.6) is 0 Å². The molecule has 0 amide bonds. The molecule has 0 aromatic heterocycles. The van der Waals surface area contributed by atoms with Gasteiger partial charge >= 0.3 is 0 Å². The van der Waals surface area contributed by atoms with E-state index in [4.69, 9.17) is 17.3 Å². The van der Waals surface area contributed by atoms with E-state index in [0.717, 1.165) is 19.3 Å². The first-order chi connectivity index (χ1) is 9.34. The molecule has 114 valence electrons. The third kappa shape index (κ3) is 3.87. The zero-order chi connectivity index (χ0) is 15.3. The van der Waals surface area contributed by atoms with E-state index in [2.05, 4.69) is 0 Å². The van der Waals surface area contributed by atoms with Gasteiger partial charge in [0.1, 0.15) is 0 Å². The van der Waals surface area contributed by atoms with Crippen molar-refractivity contribution in [3.05, 3.63) is 23.2 Å². The monoisotopic (exact) mass is 318 g/mol. The minimum absolute atomic E-state index is 0.0390. The summed E-state index contributed by atoms with van der Waals surface area (Å²) >= 11 is 5.93. The Hall–Kier alpha value is -0.780. The number of nitrogens with two attached hydrogens (primary N) is 1. The van der Waals surface area contributed by atoms with E-state index >= 15 is 0 Å². The Morgan fingerprint density at radius 3 is 2.50 bits per heavy atom. The lowest BCUT2D eigenvalue weighted by Crippen LogP contribution is -2.39. The van der Waals surface area contributed by atoms with Crippen molar-refractivity contribution >= 4 is 27.3 Å². The van der Waals surface area contributed by atoms with Gasteiger partial charge in [0.2, 0.25) is 10.0 Å². The van der Waals surface area contributed by atoms with Crippen molar-refractivity contribution in [2.45, 2.75) is 51.0 Å². The van der Waals surface area contributed by atoms with Crippen LogP contribution in [0.25, 0.3) is 0 Å². The normalized spacial score (nSPS) is 13.7. The number of benzene rings is 1. The number of sulfonamides is 1. The third-order valence-electron chi connectivity index (χ3n) is 3.39. The van der Waals surface area contributed by atoms with E-state index in [9.17, 15) is 8.42 Å². The standard InChI is InChI=1S/C14H23ClN2O2S/c1-4-6-9-17(11(3)5-2)20(18,19)12-7-8-14(16)13(15)10-12/h7-8,10-11H,4-6,9,16H2,1-3H3. The van der Waals surface area contributed by atoms with Crippen LogP contribution in [0, 0.1) is 0 Å². The van der Waals surface area contributed by atoms with E-state index < -0.39 is 10.0 Å². The van der Waals surface area contributed by atoms with Crippen molar-refractivity contribution < 1.29 is 8.42 Å². The number of hydrogen-bond donors (Lipinski definition) is 1. The molecule has 0 fully saturated rings. The van der Waals surface area contributed by atoms with Crippen LogP contribution in [-0.2, 0) is 10.0 Å². The lowest BCUT2D eigenvalue weighted by atomic mass is 10.2. The largest absolute Gasteiger partial charge is 0.398 e. The highest BCUT2D eigenvalue weighted by Crippen LogP contribution is 2.26. The second kappa shape index (κ2) is 7.29. The van der Waals surface area contributed by atoms with E-state index in [0.29, 0.717) is 12.2 Å². The van der Waals surface area contributed by atoms with Gasteiger partial charge in [-0.1, -0.05) is 31.9 Å². The van der Waals surface area contributed by atoms with Crippen LogP contribution in [0.2, 0.25) is 5.02 Å². The van der Waals surface area contributed by atoms with Gasteiger partial charge in [-0.2, -0.15) is 4.31 Å². The first-order valence-corrected chi connectivity index (χ1v) is 8.73. The number of nitrogen functional groups attached to an aromatic ring is 1. The van der Waals surface area contributed by atoms with Crippen molar-refractivity contribution in [2.24, 2.45) is 0 Å². The lowest BCUT2D eigenvalue weighted by Gasteiger charge is -2.27. The number of halogens is 1. The molecule has 1 aromatic carbocycles. The van der Waals surface area contributed by atoms with Crippen LogP contribution in [0.3, 0.4) is 0 Å². The van der Waals surface area contributed by atoms with Crippen LogP contribution in [0.4, 0.5) is 5.69 Å². The van der Waals surface area contributed by atoms with Gasteiger partial charge in [-0.3, -0.25) is 0 Å². The lowest BCUT2D eigenvalue weighted by molar-refractivity contribution is 0.324. The van der Waals surface area contributed by atoms with Gasteiger partial charge in [0, 0.05) is 12.6 Å². The Kier molecular flexibility index (Phi) is 6.30. The summed E-state index contributed by atoms with van der Waals surface area (Å²) in [4.78, 5) is 0.202. The first kappa shape index (κ1) is 17.3. The van der Waals surface area contributed by atoms with Crippen LogP contribution in [0.1, 0.15) is 40.0 Å². The van der Waals surface area contributed by atoms with Crippen molar-refractivity contribution in [3.63, 3.8) is 0 Å². The molecule has 6 heteroatoms. The molecule has 2 N–H and O–H groups in total. The quantitative estimate of drug-likeness (QED) is 0.782. The maximum absolute atomic E-state index is 12.7. The Labute approximate surface area is 127 Å². The van der Waals surface area contributed by atoms with Crippen LogP contribution < -0.4 is 5.73 Å². The smallest absolute Gasteiger partial charge is 0.243 e. The van der Waals surface area contributed by atoms with Crippen molar-refractivity contribution in [3.8, 4) is 0 Å². The van der Waals surface area contributed by atoms with Crippen LogP contribution >= 0.6 is 11.6 Å². The zero-order valence-corrected chi connectivity index (χ0v) is 13.8. The second-order valence-electron chi connectivity index (χ2n) is 4.91. The van der Waals surface area contributed by atoms with E-state index in [1.54, 1.807) is 4.31 Å². The molecule has 1 atom stereocenters. The Balaban J connectivity index is 3.17. The molecule has 1 aromatic rings. The topological polar surface area (TPSA) is 63.4 Å². The van der Waals surface area contributed by atoms with Gasteiger partial charge in [0.25, 0.3) is 0 Å². The summed E-state index contributed by atoms with van der Waals surface area (Å²) in [6.07, 6.45) is 2.56. The molecule has 1 rings (SSSR count). The maximum Gasteiger partial charge on any atom is 0.243 e. The summed E-state index contributed by atoms with van der Waals surface area (Å²) in [5, 5.41) is 0.269. The summed E-state index contributed by atoms with van der Waals surface area (Å²) in [5.41, 5.74) is 6.02. The summed E-state index contributed by atoms with van der Waals surface area (Å²) in [5.74, 6) is 0. The maximum atomic E-state index is 12.7. The Bertz CT molecular complexity index is 546. The molecule has 0 heterocycles. The first-order valence-electron chi connectivity index (χ1n) is 6.91. The fourth-order valence-corrected chi connectivity index (χ4v) is 3.91. The second-order valence-corrected chi connectivity index (χ2v) is 7.21. The number of anilines is 1. The molecule has 0 saturated heterocycles. The molecule has 4 nitrogen and oxygen atoms in total. The molecule has 20 heavy (non-hydrogen) atoms. The molecule has 1 unspecified atom stereocenters. The van der Waals surface area contributed by atoms with Gasteiger partial charge in [0.05, 0.1) is 15.6 Å². The molecule has 0 saturated carbocycles. The molecule has 0 aliphatic carbocycles. The highest BCUT2D eigenvalue weighted by molar-refractivity contribution is 7.89. The molecular weight excluding hydrogens is 296 g/mol. The van der Waals surface area contributed by atoms with Gasteiger partial charge in [-0.15, -0.1) is 0 Å². The molecule has 0 radical (unpaired) electrons. The molecule has 0 spiro atoms. The number of unbranched alkanes of at least 4 members (excludes halogenated alkanes) is 1. The third-order valence-corrected chi connectivity index (χ3v) is 5.73.